The van der Waals surface area contributed by atoms with Crippen molar-refractivity contribution in [2.45, 2.75) is 115 Å². The first kappa shape index (κ1) is 36.0. The molecule has 0 rings (SSSR count). The predicted octanol–water partition coefficient (Wildman–Crippen LogP) is 3.41. The van der Waals surface area contributed by atoms with E-state index in [1.165, 1.54) is 44.9 Å². The summed E-state index contributed by atoms with van der Waals surface area (Å²) in [5.41, 5.74) is 5.45. The number of carboxylic acid groups (broad SMARTS) is 1. The third-order valence-electron chi connectivity index (χ3n) is 6.13. The van der Waals surface area contributed by atoms with Gasteiger partial charge in [0, 0.05) is 25.9 Å². The second-order valence-electron chi connectivity index (χ2n) is 9.72. The Morgan fingerprint density at radius 1 is 0.658 bits per heavy atom. The molecular weight excluding hydrogens is 490 g/mol. The van der Waals surface area contributed by atoms with Gasteiger partial charge in [0.05, 0.1) is 25.9 Å². The fourth-order valence-corrected chi connectivity index (χ4v) is 3.89. The number of carboxylic acids is 1. The van der Waals surface area contributed by atoms with Crippen LogP contribution in [0.1, 0.15) is 109 Å². The van der Waals surface area contributed by atoms with Crippen LogP contribution < -0.4 is 16.4 Å². The number of nitrogens with one attached hydrogen (secondary N) is 2. The first-order valence-corrected chi connectivity index (χ1v) is 14.5. The van der Waals surface area contributed by atoms with Gasteiger partial charge in [0.25, 0.3) is 0 Å². The van der Waals surface area contributed by atoms with Crippen LogP contribution in [0, 0.1) is 0 Å². The molecular formula is C28H52N3O7. The maximum absolute atomic E-state index is 11.9. The van der Waals surface area contributed by atoms with Gasteiger partial charge >= 0.3 is 5.97 Å². The molecule has 0 unspecified atom stereocenters. The molecule has 2 amide bonds. The summed E-state index contributed by atoms with van der Waals surface area (Å²) in [6.45, 7) is 2.02. The van der Waals surface area contributed by atoms with Crippen LogP contribution in [-0.4, -0.2) is 74.7 Å². The summed E-state index contributed by atoms with van der Waals surface area (Å²) in [7, 11) is 0. The summed E-state index contributed by atoms with van der Waals surface area (Å²) in [5.74, 6) is -0.837. The molecule has 0 aliphatic rings. The number of hydrogen-bond donors (Lipinski definition) is 4. The van der Waals surface area contributed by atoms with Gasteiger partial charge < -0.3 is 30.9 Å². The van der Waals surface area contributed by atoms with Crippen LogP contribution in [0.2, 0.25) is 0 Å². The molecule has 0 spiro atoms. The molecule has 0 aliphatic heterocycles. The second-order valence-corrected chi connectivity index (χ2v) is 9.72. The molecule has 221 valence electrons. The van der Waals surface area contributed by atoms with E-state index in [-0.39, 0.29) is 18.4 Å². The van der Waals surface area contributed by atoms with Crippen molar-refractivity contribution in [2.75, 3.05) is 39.5 Å². The van der Waals surface area contributed by atoms with Crippen LogP contribution >= 0.6 is 0 Å². The van der Waals surface area contributed by atoms with Crippen LogP contribution in [0.5, 0.6) is 0 Å². The molecule has 10 nitrogen and oxygen atoms in total. The summed E-state index contributed by atoms with van der Waals surface area (Å²) >= 11 is 0. The molecule has 0 saturated carbocycles. The number of unbranched alkanes of at least 4 members (excludes halogenated alkanes) is 12. The van der Waals surface area contributed by atoms with Crippen molar-refractivity contribution in [3.8, 4) is 0 Å². The predicted molar refractivity (Wildman–Crippen MR) is 147 cm³/mol. The standard InChI is InChI=1S/C28H52N3O7/c29-25(23-32)15-13-14-18-30-27(34)24-38-22-21-37-20-19-31-26(33)16-11-9-7-5-3-1-2-4-6-8-10-12-17-28(35)36/h25H,1-22,24,29H2,(H,30,34)(H,31,33)(H,35,36)/t25-/m0/s1. The van der Waals surface area contributed by atoms with Gasteiger partial charge in [0.15, 0.2) is 0 Å². The average molecular weight is 543 g/mol. The third-order valence-corrected chi connectivity index (χ3v) is 6.13. The Hall–Kier alpha value is -2.04. The highest BCUT2D eigenvalue weighted by Crippen LogP contribution is 2.13. The molecule has 10 heteroatoms. The second kappa shape index (κ2) is 28.0. The Balaban J connectivity index is 3.28. The fraction of sp³-hybridized carbons (Fsp3) is 0.857. The lowest BCUT2D eigenvalue weighted by Gasteiger charge is -2.08. The Morgan fingerprint density at radius 3 is 1.76 bits per heavy atom. The number of aliphatic carboxylic acids is 1. The Labute approximate surface area is 229 Å². The number of ether oxygens (including phenoxy) is 2. The molecule has 0 saturated heterocycles. The quantitative estimate of drug-likeness (QED) is 0.105. The van der Waals surface area contributed by atoms with E-state index in [9.17, 15) is 19.2 Å². The highest BCUT2D eigenvalue weighted by molar-refractivity contribution is 5.77. The molecule has 0 aromatic rings. The largest absolute Gasteiger partial charge is 0.481 e. The van der Waals surface area contributed by atoms with Crippen LogP contribution in [0.25, 0.3) is 0 Å². The van der Waals surface area contributed by atoms with E-state index in [1.807, 2.05) is 0 Å². The van der Waals surface area contributed by atoms with Gasteiger partial charge in [-0.15, -0.1) is 0 Å². The van der Waals surface area contributed by atoms with Crippen molar-refractivity contribution in [1.82, 2.24) is 10.6 Å². The summed E-state index contributed by atoms with van der Waals surface area (Å²) in [5, 5.41) is 14.2. The molecule has 0 bridgehead atoms. The van der Waals surface area contributed by atoms with E-state index < -0.39 is 12.0 Å². The topological polar surface area (TPSA) is 157 Å². The number of rotatable bonds is 29. The smallest absolute Gasteiger partial charge is 0.303 e. The number of carbonyl (C=O) groups excluding carboxylic acids is 3. The lowest BCUT2D eigenvalue weighted by atomic mass is 10.0. The van der Waals surface area contributed by atoms with Crippen molar-refractivity contribution in [3.05, 3.63) is 0 Å². The molecule has 5 N–H and O–H groups in total. The van der Waals surface area contributed by atoms with Crippen LogP contribution in [0.3, 0.4) is 0 Å². The highest BCUT2D eigenvalue weighted by Gasteiger charge is 2.04. The lowest BCUT2D eigenvalue weighted by Crippen LogP contribution is -2.30. The summed E-state index contributed by atoms with van der Waals surface area (Å²) in [6.07, 6.45) is 18.1. The normalized spacial score (nSPS) is 11.7. The number of amides is 2. The third kappa shape index (κ3) is 28.5. The first-order chi connectivity index (χ1) is 18.5. The van der Waals surface area contributed by atoms with Gasteiger partial charge in [-0.2, -0.15) is 0 Å². The number of hydrogen-bond acceptors (Lipinski definition) is 7. The Morgan fingerprint density at radius 2 is 1.18 bits per heavy atom. The van der Waals surface area contributed by atoms with Gasteiger partial charge in [0.2, 0.25) is 18.1 Å². The van der Waals surface area contributed by atoms with Gasteiger partial charge in [-0.05, 0) is 32.1 Å². The van der Waals surface area contributed by atoms with Crippen molar-refractivity contribution in [3.63, 3.8) is 0 Å². The van der Waals surface area contributed by atoms with Crippen LogP contribution in [-0.2, 0) is 28.7 Å². The molecule has 0 aromatic carbocycles. The van der Waals surface area contributed by atoms with Crippen molar-refractivity contribution in [1.29, 1.82) is 0 Å². The number of carbonyl (C=O) groups is 3. The Bertz CT molecular complexity index is 605. The zero-order valence-corrected chi connectivity index (χ0v) is 23.3. The van der Waals surface area contributed by atoms with E-state index in [0.717, 1.165) is 44.9 Å². The number of nitrogens with two attached hydrogens (primary N) is 1. The van der Waals surface area contributed by atoms with Gasteiger partial charge in [-0.25, -0.2) is 0 Å². The van der Waals surface area contributed by atoms with Crippen LogP contribution in [0.4, 0.5) is 0 Å². The maximum atomic E-state index is 11.9. The molecule has 38 heavy (non-hydrogen) atoms. The highest BCUT2D eigenvalue weighted by atomic mass is 16.5. The van der Waals surface area contributed by atoms with E-state index in [2.05, 4.69) is 10.6 Å². The molecule has 1 radical (unpaired) electrons. The lowest BCUT2D eigenvalue weighted by molar-refractivity contribution is -0.137. The van der Waals surface area contributed by atoms with Crippen LogP contribution in [0.15, 0.2) is 0 Å². The average Bonchev–Trinajstić information content (AvgIpc) is 2.89. The van der Waals surface area contributed by atoms with Gasteiger partial charge in [-0.1, -0.05) is 64.2 Å². The van der Waals surface area contributed by atoms with E-state index in [0.29, 0.717) is 52.2 Å². The van der Waals surface area contributed by atoms with E-state index >= 15 is 0 Å². The van der Waals surface area contributed by atoms with Crippen molar-refractivity contribution in [2.24, 2.45) is 5.73 Å². The molecule has 0 aliphatic carbocycles. The van der Waals surface area contributed by atoms with Gasteiger partial charge in [0.1, 0.15) is 6.61 Å². The molecule has 0 heterocycles. The van der Waals surface area contributed by atoms with E-state index in [1.54, 1.807) is 6.29 Å². The SMILES string of the molecule is N[C@H]([C]=O)CCCCNC(=O)COCCOCCNC(=O)CCCCCCCCCCCCCCC(=O)O. The van der Waals surface area contributed by atoms with E-state index in [4.69, 9.17) is 20.3 Å². The minimum atomic E-state index is -0.697. The van der Waals surface area contributed by atoms with Gasteiger partial charge in [-0.3, -0.25) is 19.2 Å². The maximum Gasteiger partial charge on any atom is 0.303 e. The van der Waals surface area contributed by atoms with Crippen molar-refractivity contribution >= 4 is 24.1 Å². The molecule has 0 fully saturated rings. The monoisotopic (exact) mass is 542 g/mol. The minimum Gasteiger partial charge on any atom is -0.481 e. The molecule has 1 atom stereocenters. The summed E-state index contributed by atoms with van der Waals surface area (Å²) < 4.78 is 10.7. The first-order valence-electron chi connectivity index (χ1n) is 14.5. The fourth-order valence-electron chi connectivity index (χ4n) is 3.89. The Kier molecular flexibility index (Phi) is 26.5. The summed E-state index contributed by atoms with van der Waals surface area (Å²) in [6, 6.07) is -0.550. The zero-order valence-electron chi connectivity index (χ0n) is 23.3. The summed E-state index contributed by atoms with van der Waals surface area (Å²) in [4.78, 5) is 44.2. The minimum absolute atomic E-state index is 0.0285. The zero-order chi connectivity index (χ0) is 28.1. The van der Waals surface area contributed by atoms with Crippen molar-refractivity contribution < 1.29 is 33.8 Å². The molecule has 0 aromatic heterocycles.